The number of pyridine rings is 1. The van der Waals surface area contributed by atoms with Crippen LogP contribution in [0.3, 0.4) is 0 Å². The average Bonchev–Trinajstić information content (AvgIpc) is 2.68. The van der Waals surface area contributed by atoms with Gasteiger partial charge in [-0.2, -0.15) is 0 Å². The number of nitrogens with two attached hydrogens (primary N) is 1. The molecule has 2 rings (SSSR count). The first-order valence-corrected chi connectivity index (χ1v) is 5.21. The van der Waals surface area contributed by atoms with Crippen LogP contribution in [0.4, 0.5) is 5.82 Å². The van der Waals surface area contributed by atoms with Gasteiger partial charge in [0.15, 0.2) is 5.82 Å². The molecule has 88 valence electrons. The maximum absolute atomic E-state index is 5.75. The molecule has 0 bridgehead atoms. The number of aryl methyl sites for hydroxylation is 1. The van der Waals surface area contributed by atoms with Crippen LogP contribution < -0.4 is 5.73 Å². The van der Waals surface area contributed by atoms with Crippen LogP contribution >= 0.6 is 0 Å². The summed E-state index contributed by atoms with van der Waals surface area (Å²) in [5.41, 5.74) is 7.58. The number of amidine groups is 1. The monoisotopic (exact) mass is 230 g/mol. The molecule has 0 aromatic carbocycles. The van der Waals surface area contributed by atoms with E-state index < -0.39 is 0 Å². The third kappa shape index (κ3) is 2.47. The fraction of sp³-hybridized carbons (Fsp3) is 0.273. The lowest BCUT2D eigenvalue weighted by Crippen LogP contribution is -2.11. The molecule has 0 saturated heterocycles. The van der Waals surface area contributed by atoms with Gasteiger partial charge in [-0.25, -0.2) is 15.0 Å². The van der Waals surface area contributed by atoms with Crippen LogP contribution in [-0.4, -0.2) is 33.6 Å². The van der Waals surface area contributed by atoms with Gasteiger partial charge in [-0.3, -0.25) is 0 Å². The number of rotatable bonds is 3. The Labute approximate surface area is 98.9 Å². The largest absolute Gasteiger partial charge is 0.387 e. The molecular weight excluding hydrogens is 216 g/mol. The summed E-state index contributed by atoms with van der Waals surface area (Å²) in [4.78, 5) is 16.4. The predicted octanol–water partition coefficient (Wildman–Crippen LogP) is 1.05. The van der Waals surface area contributed by atoms with Crippen LogP contribution in [0.1, 0.15) is 6.42 Å². The van der Waals surface area contributed by atoms with Crippen molar-refractivity contribution in [2.75, 3.05) is 7.05 Å². The molecule has 17 heavy (non-hydrogen) atoms. The summed E-state index contributed by atoms with van der Waals surface area (Å²) < 4.78 is 1.92. The van der Waals surface area contributed by atoms with Crippen molar-refractivity contribution < 1.29 is 0 Å². The first-order valence-electron chi connectivity index (χ1n) is 5.21. The van der Waals surface area contributed by atoms with Crippen molar-refractivity contribution in [3.05, 3.63) is 18.6 Å². The first-order chi connectivity index (χ1) is 8.20. The van der Waals surface area contributed by atoms with Crippen molar-refractivity contribution in [2.24, 2.45) is 22.8 Å². The van der Waals surface area contributed by atoms with Crippen LogP contribution in [0.5, 0.6) is 0 Å². The maximum Gasteiger partial charge on any atom is 0.156 e. The summed E-state index contributed by atoms with van der Waals surface area (Å²) in [5, 5.41) is 0. The zero-order chi connectivity index (χ0) is 12.3. The van der Waals surface area contributed by atoms with Crippen molar-refractivity contribution in [1.29, 1.82) is 0 Å². The highest BCUT2D eigenvalue weighted by Gasteiger charge is 2.02. The molecule has 2 aromatic heterocycles. The van der Waals surface area contributed by atoms with E-state index in [2.05, 4.69) is 20.0 Å². The second kappa shape index (κ2) is 4.73. The minimum atomic E-state index is 0.490. The van der Waals surface area contributed by atoms with E-state index in [9.17, 15) is 0 Å². The molecule has 0 fully saturated rings. The number of hydrogen-bond donors (Lipinski definition) is 1. The van der Waals surface area contributed by atoms with Crippen LogP contribution in [0.25, 0.3) is 11.0 Å². The van der Waals surface area contributed by atoms with Crippen LogP contribution in [0, 0.1) is 0 Å². The summed E-state index contributed by atoms with van der Waals surface area (Å²) in [6.07, 6.45) is 5.67. The van der Waals surface area contributed by atoms with E-state index in [1.165, 1.54) is 0 Å². The summed E-state index contributed by atoms with van der Waals surface area (Å²) in [5.74, 6) is 1.08. The minimum Gasteiger partial charge on any atom is -0.387 e. The van der Waals surface area contributed by atoms with Gasteiger partial charge >= 0.3 is 0 Å². The Bertz CT molecular complexity index is 581. The van der Waals surface area contributed by atoms with Gasteiger partial charge < -0.3 is 15.3 Å². The van der Waals surface area contributed by atoms with Gasteiger partial charge in [0.25, 0.3) is 0 Å². The molecular formula is C11H14N6. The van der Waals surface area contributed by atoms with Gasteiger partial charge in [0.2, 0.25) is 0 Å². The Balaban J connectivity index is 2.32. The lowest BCUT2D eigenvalue weighted by Gasteiger charge is -1.98. The van der Waals surface area contributed by atoms with Gasteiger partial charge in [-0.15, -0.1) is 0 Å². The summed E-state index contributed by atoms with van der Waals surface area (Å²) in [6, 6.07) is 1.86. The fourth-order valence-electron chi connectivity index (χ4n) is 1.46. The van der Waals surface area contributed by atoms with E-state index >= 15 is 0 Å². The SMILES string of the molecule is CN=CCC(N)=Nc1cc2c(cn1)ncn2C. The quantitative estimate of drug-likeness (QED) is 0.632. The van der Waals surface area contributed by atoms with E-state index in [0.717, 1.165) is 11.0 Å². The smallest absolute Gasteiger partial charge is 0.156 e. The molecule has 6 nitrogen and oxygen atoms in total. The van der Waals surface area contributed by atoms with Crippen molar-refractivity contribution in [1.82, 2.24) is 14.5 Å². The zero-order valence-electron chi connectivity index (χ0n) is 9.83. The van der Waals surface area contributed by atoms with E-state index in [1.54, 1.807) is 25.8 Å². The number of nitrogens with zero attached hydrogens (tertiary/aromatic N) is 5. The molecule has 2 heterocycles. The number of hydrogen-bond acceptors (Lipinski definition) is 4. The van der Waals surface area contributed by atoms with Gasteiger partial charge in [0.05, 0.1) is 18.0 Å². The van der Waals surface area contributed by atoms with Crippen LogP contribution in [0.15, 0.2) is 28.6 Å². The minimum absolute atomic E-state index is 0.490. The Kier molecular flexibility index (Phi) is 3.13. The highest BCUT2D eigenvalue weighted by atomic mass is 15.0. The average molecular weight is 230 g/mol. The Morgan fingerprint density at radius 3 is 3.12 bits per heavy atom. The Hall–Kier alpha value is -2.24. The van der Waals surface area contributed by atoms with Gasteiger partial charge in [-0.1, -0.05) is 0 Å². The van der Waals surface area contributed by atoms with Gasteiger partial charge in [0.1, 0.15) is 11.4 Å². The van der Waals surface area contributed by atoms with E-state index in [1.807, 2.05) is 17.7 Å². The maximum atomic E-state index is 5.75. The van der Waals surface area contributed by atoms with E-state index in [-0.39, 0.29) is 0 Å². The normalized spacial score (nSPS) is 12.7. The second-order valence-corrected chi connectivity index (χ2v) is 3.63. The number of aromatic nitrogens is 3. The molecule has 0 aliphatic carbocycles. The molecule has 2 aromatic rings. The molecule has 0 aliphatic rings. The highest BCUT2D eigenvalue weighted by molar-refractivity contribution is 5.94. The lowest BCUT2D eigenvalue weighted by atomic mass is 10.4. The predicted molar refractivity (Wildman–Crippen MR) is 68.8 cm³/mol. The second-order valence-electron chi connectivity index (χ2n) is 3.63. The molecule has 0 unspecified atom stereocenters. The summed E-state index contributed by atoms with van der Waals surface area (Å²) in [6.45, 7) is 0. The topological polar surface area (TPSA) is 81.4 Å². The van der Waals surface area contributed by atoms with Crippen LogP contribution in [-0.2, 0) is 7.05 Å². The highest BCUT2D eigenvalue weighted by Crippen LogP contribution is 2.16. The molecule has 0 aliphatic heterocycles. The third-order valence-corrected chi connectivity index (χ3v) is 2.34. The molecule has 0 atom stereocenters. The first kappa shape index (κ1) is 11.3. The lowest BCUT2D eigenvalue weighted by molar-refractivity contribution is 0.947. The number of fused-ring (bicyclic) bond motifs is 1. The molecule has 0 saturated carbocycles. The number of aliphatic imine (C=N–C) groups is 2. The molecule has 0 spiro atoms. The van der Waals surface area contributed by atoms with Crippen molar-refractivity contribution in [3.63, 3.8) is 0 Å². The molecule has 0 amide bonds. The summed E-state index contributed by atoms with van der Waals surface area (Å²) in [7, 11) is 3.63. The Morgan fingerprint density at radius 1 is 1.53 bits per heavy atom. The van der Waals surface area contributed by atoms with Crippen molar-refractivity contribution in [3.8, 4) is 0 Å². The third-order valence-electron chi connectivity index (χ3n) is 2.34. The summed E-state index contributed by atoms with van der Waals surface area (Å²) >= 11 is 0. The van der Waals surface area contributed by atoms with E-state index in [4.69, 9.17) is 5.73 Å². The molecule has 0 radical (unpaired) electrons. The molecule has 2 N–H and O–H groups in total. The standard InChI is InChI=1S/C11H14N6/c1-13-4-3-10(12)16-11-5-9-8(6-14-11)15-7-17(9)2/h4-7H,3H2,1-2H3,(H2,12,14,16). The fourth-order valence-corrected chi connectivity index (χ4v) is 1.46. The van der Waals surface area contributed by atoms with Gasteiger partial charge in [0, 0.05) is 32.8 Å². The van der Waals surface area contributed by atoms with E-state index in [0.29, 0.717) is 18.1 Å². The van der Waals surface area contributed by atoms with Crippen molar-refractivity contribution >= 4 is 28.9 Å². The van der Waals surface area contributed by atoms with Crippen molar-refractivity contribution in [2.45, 2.75) is 6.42 Å². The number of imidazole rings is 1. The van der Waals surface area contributed by atoms with Gasteiger partial charge in [-0.05, 0) is 0 Å². The molecule has 6 heteroatoms. The zero-order valence-corrected chi connectivity index (χ0v) is 9.83. The van der Waals surface area contributed by atoms with Crippen LogP contribution in [0.2, 0.25) is 0 Å². The Morgan fingerprint density at radius 2 is 2.35 bits per heavy atom.